The second kappa shape index (κ2) is 3.76. The van der Waals surface area contributed by atoms with E-state index in [2.05, 4.69) is 6.58 Å². The standard InChI is InChI=1S/C12H12O2/c1-2-3-12(13)9-4-5-10-7-14-8-11(10)6-9/h2,4-6H,1,3,7-8H2. The van der Waals surface area contributed by atoms with Crippen LogP contribution in [-0.2, 0) is 18.0 Å². The Kier molecular flexibility index (Phi) is 2.46. The van der Waals surface area contributed by atoms with Crippen LogP contribution >= 0.6 is 0 Å². The van der Waals surface area contributed by atoms with E-state index >= 15 is 0 Å². The SMILES string of the molecule is C=CCC(=O)c1ccc2c(c1)COC2. The number of fused-ring (bicyclic) bond motifs is 1. The molecule has 2 heteroatoms. The molecule has 1 aromatic carbocycles. The van der Waals surface area contributed by atoms with Crippen molar-refractivity contribution in [3.05, 3.63) is 47.5 Å². The van der Waals surface area contributed by atoms with Crippen molar-refractivity contribution in [3.63, 3.8) is 0 Å². The van der Waals surface area contributed by atoms with E-state index < -0.39 is 0 Å². The molecule has 0 spiro atoms. The predicted octanol–water partition coefficient (Wildman–Crippen LogP) is 2.48. The third-order valence-corrected chi connectivity index (χ3v) is 2.37. The topological polar surface area (TPSA) is 26.3 Å². The van der Waals surface area contributed by atoms with Gasteiger partial charge in [0.25, 0.3) is 0 Å². The largest absolute Gasteiger partial charge is 0.372 e. The number of carbonyl (C=O) groups is 1. The molecule has 1 aliphatic heterocycles. The van der Waals surface area contributed by atoms with Crippen LogP contribution in [-0.4, -0.2) is 5.78 Å². The molecule has 0 bridgehead atoms. The van der Waals surface area contributed by atoms with Gasteiger partial charge in [0.1, 0.15) is 0 Å². The Hall–Kier alpha value is -1.41. The molecule has 0 fully saturated rings. The van der Waals surface area contributed by atoms with Gasteiger partial charge in [-0.1, -0.05) is 18.2 Å². The minimum Gasteiger partial charge on any atom is -0.372 e. The van der Waals surface area contributed by atoms with Gasteiger partial charge in [-0.15, -0.1) is 6.58 Å². The van der Waals surface area contributed by atoms with Crippen molar-refractivity contribution in [1.29, 1.82) is 0 Å². The molecule has 0 atom stereocenters. The van der Waals surface area contributed by atoms with Crippen molar-refractivity contribution in [2.75, 3.05) is 0 Å². The number of Topliss-reactive ketones (excluding diaryl/α,β-unsaturated/α-hetero) is 1. The van der Waals surface area contributed by atoms with Gasteiger partial charge in [-0.2, -0.15) is 0 Å². The Balaban J connectivity index is 2.28. The zero-order valence-electron chi connectivity index (χ0n) is 7.95. The Morgan fingerprint density at radius 1 is 1.43 bits per heavy atom. The fraction of sp³-hybridized carbons (Fsp3) is 0.250. The minimum atomic E-state index is 0.120. The molecule has 0 saturated carbocycles. The van der Waals surface area contributed by atoms with E-state index in [9.17, 15) is 4.79 Å². The second-order valence-corrected chi connectivity index (χ2v) is 3.39. The lowest BCUT2D eigenvalue weighted by molar-refractivity contribution is 0.0995. The zero-order valence-corrected chi connectivity index (χ0v) is 7.95. The highest BCUT2D eigenvalue weighted by atomic mass is 16.5. The van der Waals surface area contributed by atoms with Gasteiger partial charge in [-0.25, -0.2) is 0 Å². The third kappa shape index (κ3) is 1.61. The maximum absolute atomic E-state index is 11.5. The second-order valence-electron chi connectivity index (χ2n) is 3.39. The fourth-order valence-corrected chi connectivity index (χ4v) is 1.59. The highest BCUT2D eigenvalue weighted by molar-refractivity contribution is 5.97. The summed E-state index contributed by atoms with van der Waals surface area (Å²) in [6.07, 6.45) is 2.03. The lowest BCUT2D eigenvalue weighted by Crippen LogP contribution is -1.98. The van der Waals surface area contributed by atoms with Crippen LogP contribution in [0.4, 0.5) is 0 Å². The summed E-state index contributed by atoms with van der Waals surface area (Å²) in [5.41, 5.74) is 3.09. The van der Waals surface area contributed by atoms with Gasteiger partial charge in [0, 0.05) is 12.0 Å². The molecule has 0 saturated heterocycles. The van der Waals surface area contributed by atoms with Crippen LogP contribution in [0.5, 0.6) is 0 Å². The Morgan fingerprint density at radius 2 is 2.21 bits per heavy atom. The first kappa shape index (κ1) is 9.16. The highest BCUT2D eigenvalue weighted by Gasteiger charge is 2.13. The summed E-state index contributed by atoms with van der Waals surface area (Å²) in [4.78, 5) is 11.5. The van der Waals surface area contributed by atoms with Gasteiger partial charge in [0.2, 0.25) is 0 Å². The van der Waals surface area contributed by atoms with Gasteiger partial charge < -0.3 is 4.74 Å². The molecule has 0 aliphatic carbocycles. The van der Waals surface area contributed by atoms with E-state index in [4.69, 9.17) is 4.74 Å². The van der Waals surface area contributed by atoms with Gasteiger partial charge in [0.15, 0.2) is 5.78 Å². The van der Waals surface area contributed by atoms with Crippen LogP contribution in [0.25, 0.3) is 0 Å². The van der Waals surface area contributed by atoms with Gasteiger partial charge in [-0.3, -0.25) is 4.79 Å². The minimum absolute atomic E-state index is 0.120. The van der Waals surface area contributed by atoms with Crippen molar-refractivity contribution in [3.8, 4) is 0 Å². The van der Waals surface area contributed by atoms with Crippen LogP contribution in [0.3, 0.4) is 0 Å². The number of ether oxygens (including phenoxy) is 1. The smallest absolute Gasteiger partial charge is 0.166 e. The van der Waals surface area contributed by atoms with Crippen LogP contribution in [0, 0.1) is 0 Å². The average Bonchev–Trinajstić information content (AvgIpc) is 2.64. The molecule has 1 aromatic rings. The molecule has 0 radical (unpaired) electrons. The third-order valence-electron chi connectivity index (χ3n) is 2.37. The monoisotopic (exact) mass is 188 g/mol. The maximum Gasteiger partial charge on any atom is 0.166 e. The summed E-state index contributed by atoms with van der Waals surface area (Å²) in [6.45, 7) is 4.85. The van der Waals surface area contributed by atoms with Crippen LogP contribution in [0.2, 0.25) is 0 Å². The number of carbonyl (C=O) groups excluding carboxylic acids is 1. The van der Waals surface area contributed by atoms with Crippen molar-refractivity contribution in [1.82, 2.24) is 0 Å². The fourth-order valence-electron chi connectivity index (χ4n) is 1.59. The van der Waals surface area contributed by atoms with E-state index in [-0.39, 0.29) is 5.78 Å². The van der Waals surface area contributed by atoms with Crippen LogP contribution < -0.4 is 0 Å². The number of allylic oxidation sites excluding steroid dienone is 1. The van der Waals surface area contributed by atoms with Crippen molar-refractivity contribution < 1.29 is 9.53 Å². The molecule has 0 amide bonds. The number of ketones is 1. The number of hydrogen-bond acceptors (Lipinski definition) is 2. The number of benzene rings is 1. The molecule has 1 aliphatic rings. The molecular weight excluding hydrogens is 176 g/mol. The van der Waals surface area contributed by atoms with E-state index in [0.29, 0.717) is 19.6 Å². The summed E-state index contributed by atoms with van der Waals surface area (Å²) >= 11 is 0. The summed E-state index contributed by atoms with van der Waals surface area (Å²) in [6, 6.07) is 5.76. The zero-order chi connectivity index (χ0) is 9.97. The first-order chi connectivity index (χ1) is 6.81. The quantitative estimate of drug-likeness (QED) is 0.538. The average molecular weight is 188 g/mol. The summed E-state index contributed by atoms with van der Waals surface area (Å²) in [7, 11) is 0. The Morgan fingerprint density at radius 3 is 3.00 bits per heavy atom. The van der Waals surface area contributed by atoms with Crippen molar-refractivity contribution in [2.24, 2.45) is 0 Å². The number of rotatable bonds is 3. The maximum atomic E-state index is 11.5. The van der Waals surface area contributed by atoms with E-state index in [0.717, 1.165) is 11.1 Å². The summed E-state index contributed by atoms with van der Waals surface area (Å²) in [5.74, 6) is 0.120. The first-order valence-corrected chi connectivity index (χ1v) is 4.65. The van der Waals surface area contributed by atoms with Crippen LogP contribution in [0.15, 0.2) is 30.9 Å². The summed E-state index contributed by atoms with van der Waals surface area (Å²) < 4.78 is 5.28. The molecular formula is C12H12O2. The van der Waals surface area contributed by atoms with E-state index in [1.54, 1.807) is 6.08 Å². The van der Waals surface area contributed by atoms with Gasteiger partial charge in [0.05, 0.1) is 13.2 Å². The molecule has 0 aromatic heterocycles. The highest BCUT2D eigenvalue weighted by Crippen LogP contribution is 2.21. The molecule has 2 rings (SSSR count). The molecule has 14 heavy (non-hydrogen) atoms. The molecule has 0 unspecified atom stereocenters. The molecule has 2 nitrogen and oxygen atoms in total. The van der Waals surface area contributed by atoms with Crippen LogP contribution in [0.1, 0.15) is 27.9 Å². The first-order valence-electron chi connectivity index (χ1n) is 4.65. The van der Waals surface area contributed by atoms with Crippen molar-refractivity contribution >= 4 is 5.78 Å². The number of hydrogen-bond donors (Lipinski definition) is 0. The van der Waals surface area contributed by atoms with E-state index in [1.165, 1.54) is 5.56 Å². The normalized spacial score (nSPS) is 13.7. The van der Waals surface area contributed by atoms with E-state index in [1.807, 2.05) is 18.2 Å². The lowest BCUT2D eigenvalue weighted by Gasteiger charge is -2.00. The molecule has 0 N–H and O–H groups in total. The van der Waals surface area contributed by atoms with Gasteiger partial charge >= 0.3 is 0 Å². The van der Waals surface area contributed by atoms with Gasteiger partial charge in [-0.05, 0) is 17.2 Å². The lowest BCUT2D eigenvalue weighted by atomic mass is 10.0. The predicted molar refractivity (Wildman–Crippen MR) is 54.1 cm³/mol. The molecule has 1 heterocycles. The van der Waals surface area contributed by atoms with Crippen molar-refractivity contribution in [2.45, 2.75) is 19.6 Å². The Labute approximate surface area is 83.2 Å². The molecule has 72 valence electrons. The Bertz CT molecular complexity index is 380. The summed E-state index contributed by atoms with van der Waals surface area (Å²) in [5, 5.41) is 0.